The van der Waals surface area contributed by atoms with Crippen LogP contribution in [-0.4, -0.2) is 16.9 Å². The summed E-state index contributed by atoms with van der Waals surface area (Å²) >= 11 is 0. The number of oxazole rings is 1. The first kappa shape index (κ1) is 12.9. The summed E-state index contributed by atoms with van der Waals surface area (Å²) in [5.74, 6) is 0.148. The third-order valence-electron chi connectivity index (χ3n) is 3.76. The monoisotopic (exact) mass is 270 g/mol. The Labute approximate surface area is 118 Å². The average Bonchev–Trinajstić information content (AvgIpc) is 2.99. The Morgan fingerprint density at radius 1 is 1.15 bits per heavy atom. The van der Waals surface area contributed by atoms with E-state index >= 15 is 0 Å². The van der Waals surface area contributed by atoms with Crippen molar-refractivity contribution < 1.29 is 9.21 Å². The smallest absolute Gasteiger partial charge is 0.289 e. The van der Waals surface area contributed by atoms with E-state index in [9.17, 15) is 4.79 Å². The van der Waals surface area contributed by atoms with Gasteiger partial charge in [0.05, 0.1) is 0 Å². The Morgan fingerprint density at radius 3 is 2.65 bits per heavy atom. The summed E-state index contributed by atoms with van der Waals surface area (Å²) in [4.78, 5) is 16.5. The molecule has 1 fully saturated rings. The topological polar surface area (TPSA) is 55.1 Å². The Balaban J connectivity index is 1.77. The molecule has 1 amide bonds. The molecular formula is C16H18N2O2. The third-order valence-corrected chi connectivity index (χ3v) is 3.76. The minimum Gasteiger partial charge on any atom is -0.438 e. The molecule has 0 spiro atoms. The van der Waals surface area contributed by atoms with Crippen LogP contribution < -0.4 is 5.32 Å². The van der Waals surface area contributed by atoms with Crippen molar-refractivity contribution in [2.75, 3.05) is 0 Å². The van der Waals surface area contributed by atoms with Crippen LogP contribution in [0.15, 0.2) is 41.1 Å². The predicted molar refractivity (Wildman–Crippen MR) is 76.3 cm³/mol. The van der Waals surface area contributed by atoms with Crippen molar-refractivity contribution >= 4 is 5.91 Å². The first-order chi connectivity index (χ1) is 9.84. The normalized spacial score (nSPS) is 16.0. The van der Waals surface area contributed by atoms with Crippen molar-refractivity contribution in [3.8, 4) is 11.3 Å². The third kappa shape index (κ3) is 2.74. The van der Waals surface area contributed by atoms with E-state index in [1.165, 1.54) is 25.7 Å². The quantitative estimate of drug-likeness (QED) is 0.930. The van der Waals surface area contributed by atoms with Crippen LogP contribution in [0.4, 0.5) is 0 Å². The van der Waals surface area contributed by atoms with E-state index in [-0.39, 0.29) is 11.9 Å². The van der Waals surface area contributed by atoms with Crippen molar-refractivity contribution in [3.05, 3.63) is 42.5 Å². The molecule has 4 heteroatoms. The minimum atomic E-state index is -0.159. The zero-order valence-corrected chi connectivity index (χ0v) is 11.3. The highest BCUT2D eigenvalue weighted by Gasteiger charge is 2.22. The fraction of sp³-hybridized carbons (Fsp3) is 0.375. The van der Waals surface area contributed by atoms with E-state index in [0.29, 0.717) is 11.5 Å². The lowest BCUT2D eigenvalue weighted by atomic mass is 9.95. The molecule has 1 N–H and O–H groups in total. The van der Waals surface area contributed by atoms with Crippen molar-refractivity contribution in [1.82, 2.24) is 10.3 Å². The fourth-order valence-corrected chi connectivity index (χ4v) is 2.71. The number of rotatable bonds is 3. The second-order valence-corrected chi connectivity index (χ2v) is 5.20. The number of nitrogens with one attached hydrogen (secondary N) is 1. The molecule has 20 heavy (non-hydrogen) atoms. The van der Waals surface area contributed by atoms with Crippen LogP contribution >= 0.6 is 0 Å². The van der Waals surface area contributed by atoms with Crippen LogP contribution in [0.3, 0.4) is 0 Å². The van der Waals surface area contributed by atoms with Gasteiger partial charge >= 0.3 is 0 Å². The highest BCUT2D eigenvalue weighted by Crippen LogP contribution is 2.23. The van der Waals surface area contributed by atoms with Gasteiger partial charge in [-0.3, -0.25) is 4.79 Å². The molecule has 0 bridgehead atoms. The maximum atomic E-state index is 12.3. The van der Waals surface area contributed by atoms with Crippen LogP contribution in [0.5, 0.6) is 0 Å². The van der Waals surface area contributed by atoms with Crippen LogP contribution in [0.25, 0.3) is 11.3 Å². The number of carbonyl (C=O) groups excluding carboxylic acids is 1. The Bertz CT molecular complexity index is 571. The van der Waals surface area contributed by atoms with Crippen LogP contribution in [0.2, 0.25) is 0 Å². The van der Waals surface area contributed by atoms with E-state index < -0.39 is 0 Å². The van der Waals surface area contributed by atoms with Gasteiger partial charge in [-0.1, -0.05) is 49.6 Å². The van der Waals surface area contributed by atoms with Crippen LogP contribution in [-0.2, 0) is 0 Å². The molecule has 0 atom stereocenters. The van der Waals surface area contributed by atoms with E-state index in [1.54, 1.807) is 0 Å². The molecule has 1 aromatic heterocycles. The maximum absolute atomic E-state index is 12.3. The average molecular weight is 270 g/mol. The molecule has 1 aliphatic rings. The van der Waals surface area contributed by atoms with Gasteiger partial charge in [-0.05, 0) is 12.8 Å². The Hall–Kier alpha value is -2.10. The van der Waals surface area contributed by atoms with Crippen LogP contribution in [0, 0.1) is 0 Å². The number of hydrogen-bond acceptors (Lipinski definition) is 3. The fourth-order valence-electron chi connectivity index (χ4n) is 2.71. The Kier molecular flexibility index (Phi) is 3.81. The lowest BCUT2D eigenvalue weighted by Gasteiger charge is -2.22. The summed E-state index contributed by atoms with van der Waals surface area (Å²) in [7, 11) is 0. The second-order valence-electron chi connectivity index (χ2n) is 5.20. The molecule has 2 aromatic rings. The molecule has 1 aromatic carbocycles. The number of aromatic nitrogens is 1. The molecule has 0 radical (unpaired) electrons. The zero-order valence-electron chi connectivity index (χ0n) is 11.3. The molecule has 4 nitrogen and oxygen atoms in total. The molecule has 3 rings (SSSR count). The number of hydrogen-bond donors (Lipinski definition) is 1. The summed E-state index contributed by atoms with van der Waals surface area (Å²) in [6.07, 6.45) is 7.09. The van der Waals surface area contributed by atoms with Gasteiger partial charge in [-0.2, -0.15) is 0 Å². The SMILES string of the molecule is O=C(NC1CCCCC1)c1ocnc1-c1ccccc1. The molecule has 0 aliphatic heterocycles. The van der Waals surface area contributed by atoms with Crippen molar-refractivity contribution in [3.63, 3.8) is 0 Å². The van der Waals surface area contributed by atoms with Crippen LogP contribution in [0.1, 0.15) is 42.7 Å². The molecular weight excluding hydrogens is 252 g/mol. The lowest BCUT2D eigenvalue weighted by Crippen LogP contribution is -2.36. The maximum Gasteiger partial charge on any atom is 0.289 e. The van der Waals surface area contributed by atoms with Gasteiger partial charge in [-0.15, -0.1) is 0 Å². The largest absolute Gasteiger partial charge is 0.438 e. The minimum absolute atomic E-state index is 0.159. The van der Waals surface area contributed by atoms with Crippen molar-refractivity contribution in [2.45, 2.75) is 38.1 Å². The molecule has 0 unspecified atom stereocenters. The van der Waals surface area contributed by atoms with Gasteiger partial charge in [0.25, 0.3) is 5.91 Å². The molecule has 1 heterocycles. The van der Waals surface area contributed by atoms with Gasteiger partial charge in [-0.25, -0.2) is 4.98 Å². The highest BCUT2D eigenvalue weighted by molar-refractivity contribution is 5.97. The van der Waals surface area contributed by atoms with E-state index in [4.69, 9.17) is 4.42 Å². The number of nitrogens with zero attached hydrogens (tertiary/aromatic N) is 1. The van der Waals surface area contributed by atoms with E-state index in [2.05, 4.69) is 10.3 Å². The first-order valence-corrected chi connectivity index (χ1v) is 7.14. The van der Waals surface area contributed by atoms with Crippen molar-refractivity contribution in [2.24, 2.45) is 0 Å². The molecule has 1 saturated carbocycles. The second kappa shape index (κ2) is 5.90. The number of carbonyl (C=O) groups is 1. The van der Waals surface area contributed by atoms with E-state index in [0.717, 1.165) is 18.4 Å². The summed E-state index contributed by atoms with van der Waals surface area (Å²) in [6, 6.07) is 9.90. The first-order valence-electron chi connectivity index (χ1n) is 7.14. The number of benzene rings is 1. The van der Waals surface area contributed by atoms with E-state index in [1.807, 2.05) is 30.3 Å². The zero-order chi connectivity index (χ0) is 13.8. The van der Waals surface area contributed by atoms with Crippen molar-refractivity contribution in [1.29, 1.82) is 0 Å². The van der Waals surface area contributed by atoms with Gasteiger partial charge in [0.1, 0.15) is 5.69 Å². The van der Waals surface area contributed by atoms with Gasteiger partial charge in [0, 0.05) is 11.6 Å². The standard InChI is InChI=1S/C16H18N2O2/c19-16(18-13-9-5-2-6-10-13)15-14(17-11-20-15)12-7-3-1-4-8-12/h1,3-4,7-8,11,13H,2,5-6,9-10H2,(H,18,19). The molecule has 0 saturated heterocycles. The molecule has 1 aliphatic carbocycles. The van der Waals surface area contributed by atoms with Gasteiger partial charge in [0.2, 0.25) is 5.76 Å². The Morgan fingerprint density at radius 2 is 1.90 bits per heavy atom. The summed E-state index contributed by atoms with van der Waals surface area (Å²) in [6.45, 7) is 0. The molecule has 104 valence electrons. The predicted octanol–water partition coefficient (Wildman–Crippen LogP) is 3.40. The lowest BCUT2D eigenvalue weighted by molar-refractivity contribution is 0.0900. The summed E-state index contributed by atoms with van der Waals surface area (Å²) < 4.78 is 5.30. The highest BCUT2D eigenvalue weighted by atomic mass is 16.3. The summed E-state index contributed by atoms with van der Waals surface area (Å²) in [5.41, 5.74) is 1.51. The summed E-state index contributed by atoms with van der Waals surface area (Å²) in [5, 5.41) is 3.06. The number of amides is 1. The van der Waals surface area contributed by atoms with Gasteiger partial charge < -0.3 is 9.73 Å². The van der Waals surface area contributed by atoms with Gasteiger partial charge in [0.15, 0.2) is 6.39 Å².